The lowest BCUT2D eigenvalue weighted by atomic mass is 9.71. The normalized spacial score (nSPS) is 30.4. The molecule has 4 aliphatic rings. The summed E-state index contributed by atoms with van der Waals surface area (Å²) >= 11 is 1.86. The largest absolute Gasteiger partial charge is 1.00 e. The maximum Gasteiger partial charge on any atom is 0.233 e. The molecule has 8 heteroatoms. The molecule has 4 N–H and O–H groups in total. The summed E-state index contributed by atoms with van der Waals surface area (Å²) in [7, 11) is 0. The van der Waals surface area contributed by atoms with E-state index in [1.807, 2.05) is 11.3 Å². The molecule has 4 heterocycles. The number of carbonyl (C=O) groups is 1. The Balaban J connectivity index is 0.00000152. The predicted octanol–water partition coefficient (Wildman–Crippen LogP) is -3.68. The molecule has 4 atom stereocenters. The number of fused-ring (bicyclic) bond motifs is 2. The molecule has 1 amide bonds. The lowest BCUT2D eigenvalue weighted by Gasteiger charge is -2.46. The minimum atomic E-state index is -0.0377. The second-order valence-corrected chi connectivity index (χ2v) is 12.5. The van der Waals surface area contributed by atoms with E-state index in [1.54, 1.807) is 0 Å². The lowest BCUT2D eigenvalue weighted by molar-refractivity contribution is -0.691. The Kier molecular flexibility index (Phi) is 9.04. The number of halogens is 2. The molecule has 1 spiro atoms. The molecule has 198 valence electrons. The molecule has 2 saturated heterocycles. The van der Waals surface area contributed by atoms with Gasteiger partial charge in [0.25, 0.3) is 0 Å². The molecular weight excluding hydrogens is 511 g/mol. The second-order valence-electron chi connectivity index (χ2n) is 11.3. The topological polar surface area (TPSA) is 66.4 Å². The van der Waals surface area contributed by atoms with E-state index in [9.17, 15) is 4.79 Å². The number of benzene rings is 1. The van der Waals surface area contributed by atoms with Gasteiger partial charge in [-0.15, -0.1) is 11.3 Å². The Morgan fingerprint density at radius 2 is 1.81 bits per heavy atom. The van der Waals surface area contributed by atoms with Crippen molar-refractivity contribution in [2.45, 2.75) is 75.8 Å². The number of rotatable bonds is 3. The van der Waals surface area contributed by atoms with Gasteiger partial charge in [0.05, 0.1) is 29.5 Å². The Morgan fingerprint density at radius 1 is 1.06 bits per heavy atom. The molecule has 36 heavy (non-hydrogen) atoms. The first kappa shape index (κ1) is 27.8. The SMILES string of the molecule is Cc1nc2c(s1)[C@]1(C[NH2+]C2)C[NH2+]CC1C(=O)N1CC[C@@H](c2ccccc2)C[C@H]1C1CCCCC1.[Cl-].[Cl-]. The fourth-order valence-electron chi connectivity index (χ4n) is 7.71. The molecule has 1 unspecified atom stereocenters. The van der Waals surface area contributed by atoms with E-state index in [-0.39, 0.29) is 36.1 Å². The third kappa shape index (κ3) is 4.96. The monoisotopic (exact) mass is 550 g/mol. The number of nitrogens with two attached hydrogens (primary N) is 2. The van der Waals surface area contributed by atoms with Gasteiger partial charge < -0.3 is 40.3 Å². The van der Waals surface area contributed by atoms with Gasteiger partial charge >= 0.3 is 0 Å². The zero-order valence-electron chi connectivity index (χ0n) is 21.3. The molecule has 1 aromatic heterocycles. The third-order valence-electron chi connectivity index (χ3n) is 9.37. The van der Waals surface area contributed by atoms with E-state index in [0.717, 1.165) is 50.6 Å². The number of piperidine rings is 1. The Morgan fingerprint density at radius 3 is 2.58 bits per heavy atom. The average molecular weight is 552 g/mol. The number of hydrogen-bond donors (Lipinski definition) is 2. The van der Waals surface area contributed by atoms with Gasteiger partial charge in [-0.05, 0) is 50.0 Å². The molecule has 5 nitrogen and oxygen atoms in total. The van der Waals surface area contributed by atoms with Crippen LogP contribution in [-0.2, 0) is 16.8 Å². The van der Waals surface area contributed by atoms with E-state index in [2.05, 4.69) is 52.8 Å². The van der Waals surface area contributed by atoms with Crippen LogP contribution in [0.5, 0.6) is 0 Å². The van der Waals surface area contributed by atoms with Gasteiger partial charge in [0, 0.05) is 12.6 Å². The number of amides is 1. The average Bonchev–Trinajstić information content (AvgIpc) is 3.48. The summed E-state index contributed by atoms with van der Waals surface area (Å²) in [6.45, 7) is 7.00. The van der Waals surface area contributed by atoms with Crippen LogP contribution in [-0.4, -0.2) is 48.0 Å². The summed E-state index contributed by atoms with van der Waals surface area (Å²) in [4.78, 5) is 23.1. The fourth-order valence-corrected chi connectivity index (χ4v) is 8.92. The number of carbonyl (C=O) groups excluding carboxylic acids is 1. The third-order valence-corrected chi connectivity index (χ3v) is 10.6. The Labute approximate surface area is 232 Å². The molecule has 3 aliphatic heterocycles. The molecular formula is C28H40Cl2N4OS. The van der Waals surface area contributed by atoms with Crippen molar-refractivity contribution in [2.75, 3.05) is 26.2 Å². The molecule has 3 fully saturated rings. The molecule has 6 rings (SSSR count). The zero-order valence-corrected chi connectivity index (χ0v) is 23.6. The van der Waals surface area contributed by atoms with Crippen molar-refractivity contribution >= 4 is 17.2 Å². The van der Waals surface area contributed by atoms with Crippen LogP contribution in [0.2, 0.25) is 0 Å². The lowest BCUT2D eigenvalue weighted by Crippen LogP contribution is -3.00. The standard InChI is InChI=1S/C28H38N4OS.2ClH/c1-19-31-24-16-30-18-28(26(24)34-19)17-29-15-23(28)27(33)32-13-12-22(20-8-4-2-5-9-20)14-25(32)21-10-6-3-7-11-21;;/h2,4-5,8-9,21-23,25,29-30H,3,6-7,10-18H2,1H3;2*1H/t22-,23?,25+,28+;;/m1../s1. The minimum absolute atomic E-state index is 0. The van der Waals surface area contributed by atoms with Crippen molar-refractivity contribution in [3.05, 3.63) is 51.5 Å². The first-order chi connectivity index (χ1) is 16.7. The van der Waals surface area contributed by atoms with Gasteiger partial charge in [-0.2, -0.15) is 0 Å². The minimum Gasteiger partial charge on any atom is -1.00 e. The van der Waals surface area contributed by atoms with Crippen molar-refractivity contribution in [2.24, 2.45) is 11.8 Å². The number of nitrogens with zero attached hydrogens (tertiary/aromatic N) is 2. The number of thiazole rings is 1. The van der Waals surface area contributed by atoms with Crippen LogP contribution in [0.1, 0.15) is 72.0 Å². The molecule has 2 aromatic rings. The van der Waals surface area contributed by atoms with Crippen molar-refractivity contribution < 1.29 is 40.2 Å². The van der Waals surface area contributed by atoms with E-state index in [1.165, 1.54) is 48.2 Å². The highest BCUT2D eigenvalue weighted by Gasteiger charge is 2.58. The van der Waals surface area contributed by atoms with Crippen molar-refractivity contribution in [1.82, 2.24) is 9.88 Å². The van der Waals surface area contributed by atoms with E-state index < -0.39 is 0 Å². The molecule has 0 radical (unpaired) electrons. The summed E-state index contributed by atoms with van der Waals surface area (Å²) < 4.78 is 0. The first-order valence-electron chi connectivity index (χ1n) is 13.6. The summed E-state index contributed by atoms with van der Waals surface area (Å²) in [5, 5.41) is 5.97. The highest BCUT2D eigenvalue weighted by Crippen LogP contribution is 2.44. The van der Waals surface area contributed by atoms with Crippen LogP contribution in [0.25, 0.3) is 0 Å². The number of quaternary nitrogens is 2. The quantitative estimate of drug-likeness (QED) is 0.413. The highest BCUT2D eigenvalue weighted by molar-refractivity contribution is 7.11. The van der Waals surface area contributed by atoms with Crippen LogP contribution >= 0.6 is 11.3 Å². The Hall–Kier alpha value is -1.18. The van der Waals surface area contributed by atoms with Gasteiger partial charge in [-0.25, -0.2) is 4.98 Å². The van der Waals surface area contributed by atoms with Gasteiger partial charge in [0.15, 0.2) is 0 Å². The van der Waals surface area contributed by atoms with E-state index in [4.69, 9.17) is 4.98 Å². The van der Waals surface area contributed by atoms with Crippen molar-refractivity contribution in [3.63, 3.8) is 0 Å². The van der Waals surface area contributed by atoms with Crippen LogP contribution in [0.15, 0.2) is 30.3 Å². The first-order valence-corrected chi connectivity index (χ1v) is 14.4. The maximum atomic E-state index is 14.5. The second kappa shape index (κ2) is 11.7. The van der Waals surface area contributed by atoms with Crippen LogP contribution in [0.3, 0.4) is 0 Å². The summed E-state index contributed by atoms with van der Waals surface area (Å²) in [6, 6.07) is 11.5. The van der Waals surface area contributed by atoms with Gasteiger partial charge in [0.1, 0.15) is 23.6 Å². The van der Waals surface area contributed by atoms with Crippen LogP contribution < -0.4 is 35.4 Å². The van der Waals surface area contributed by atoms with E-state index in [0.29, 0.717) is 23.8 Å². The number of aromatic nitrogens is 1. The predicted molar refractivity (Wildman–Crippen MR) is 135 cm³/mol. The molecule has 1 aliphatic carbocycles. The zero-order chi connectivity index (χ0) is 23.1. The van der Waals surface area contributed by atoms with Gasteiger partial charge in [-0.3, -0.25) is 4.79 Å². The van der Waals surface area contributed by atoms with Crippen LogP contribution in [0.4, 0.5) is 0 Å². The van der Waals surface area contributed by atoms with E-state index >= 15 is 0 Å². The molecule has 0 bridgehead atoms. The van der Waals surface area contributed by atoms with Crippen molar-refractivity contribution in [3.8, 4) is 0 Å². The van der Waals surface area contributed by atoms with Gasteiger partial charge in [-0.1, -0.05) is 49.6 Å². The van der Waals surface area contributed by atoms with Crippen molar-refractivity contribution in [1.29, 1.82) is 0 Å². The summed E-state index contributed by atoms with van der Waals surface area (Å²) in [6.07, 6.45) is 8.86. The maximum absolute atomic E-state index is 14.5. The van der Waals surface area contributed by atoms with Crippen LogP contribution in [0, 0.1) is 18.8 Å². The van der Waals surface area contributed by atoms with Gasteiger partial charge in [0.2, 0.25) is 5.91 Å². The molecule has 1 saturated carbocycles. The number of likely N-dealkylation sites (tertiary alicyclic amines) is 1. The fraction of sp³-hybridized carbons (Fsp3) is 0.643. The summed E-state index contributed by atoms with van der Waals surface area (Å²) in [5.74, 6) is 1.79. The Bertz CT molecular complexity index is 1030. The molecule has 1 aromatic carbocycles. The number of hydrogen-bond acceptors (Lipinski definition) is 3. The smallest absolute Gasteiger partial charge is 0.233 e. The number of aryl methyl sites for hydroxylation is 1. The highest BCUT2D eigenvalue weighted by atomic mass is 35.5. The summed E-state index contributed by atoms with van der Waals surface area (Å²) in [5.41, 5.74) is 2.67.